The van der Waals surface area contributed by atoms with Gasteiger partial charge in [0, 0.05) is 62.1 Å². The predicted octanol–water partition coefficient (Wildman–Crippen LogP) is 5.92. The summed E-state index contributed by atoms with van der Waals surface area (Å²) in [6.45, 7) is 0.813. The van der Waals surface area contributed by atoms with Crippen molar-refractivity contribution in [2.45, 2.75) is 69.7 Å². The molecule has 10 nitrogen and oxygen atoms in total. The Hall–Kier alpha value is -4.60. The molecule has 2 aliphatic heterocycles. The average Bonchev–Trinajstić information content (AvgIpc) is 3.67. The van der Waals surface area contributed by atoms with Crippen molar-refractivity contribution in [1.29, 1.82) is 0 Å². The van der Waals surface area contributed by atoms with Crippen molar-refractivity contribution in [3.05, 3.63) is 88.5 Å². The molecule has 2 saturated heterocycles. The second-order valence-corrected chi connectivity index (χ2v) is 15.1. The Morgan fingerprint density at radius 2 is 1.68 bits per heavy atom. The van der Waals surface area contributed by atoms with E-state index in [1.165, 1.54) is 23.2 Å². The summed E-state index contributed by atoms with van der Waals surface area (Å²) < 4.78 is 90.5. The summed E-state index contributed by atoms with van der Waals surface area (Å²) in [5.41, 5.74) is 5.76. The van der Waals surface area contributed by atoms with E-state index in [-0.39, 0.29) is 107 Å². The lowest BCUT2D eigenvalue weighted by Gasteiger charge is -2.51. The smallest absolute Gasteiger partial charge is 0.403 e. The highest BCUT2D eigenvalue weighted by Crippen LogP contribution is 2.60. The zero-order valence-electron chi connectivity index (χ0n) is 28.8. The number of rotatable bonds is 10. The van der Waals surface area contributed by atoms with Crippen molar-refractivity contribution in [2.75, 3.05) is 32.8 Å². The van der Waals surface area contributed by atoms with Gasteiger partial charge in [0.15, 0.2) is 5.84 Å². The standard InChI is InChI=1S/C37H40F6N6O4/c38-28-6-4-23(5-7-28)15-49-16-26(14-45-49)32(50)47-17-27(34(20-47)21-48(22-34)33(51)35(12-13-35)37(41,42)43)19-53-18-25-2-1-3-29(30(25)31(44)46-52)24-8-10-36(39,40)11-9-24/h1-7,14,16,24,27,52H,8-13,15,17-22H2,(H2,44,46). The van der Waals surface area contributed by atoms with Crippen LogP contribution in [0.1, 0.15) is 77.1 Å². The van der Waals surface area contributed by atoms with Crippen LogP contribution in [0.3, 0.4) is 0 Å². The first kappa shape index (κ1) is 36.7. The van der Waals surface area contributed by atoms with Gasteiger partial charge in [0.05, 0.1) is 31.5 Å². The molecular formula is C37H40F6N6O4. The largest absolute Gasteiger partial charge is 0.409 e. The van der Waals surface area contributed by atoms with E-state index in [0.717, 1.165) is 5.56 Å². The van der Waals surface area contributed by atoms with E-state index in [1.807, 2.05) is 0 Å². The first-order chi connectivity index (χ1) is 25.1. The van der Waals surface area contributed by atoms with Gasteiger partial charge in [0.1, 0.15) is 11.2 Å². The molecule has 1 aromatic heterocycles. The molecule has 53 heavy (non-hydrogen) atoms. The van der Waals surface area contributed by atoms with E-state index in [2.05, 4.69) is 10.3 Å². The maximum Gasteiger partial charge on any atom is 0.403 e. The maximum atomic E-state index is 13.9. The van der Waals surface area contributed by atoms with Gasteiger partial charge in [-0.3, -0.25) is 14.3 Å². The average molecular weight is 747 g/mol. The van der Waals surface area contributed by atoms with Gasteiger partial charge >= 0.3 is 6.18 Å². The number of ether oxygens (including phenoxy) is 1. The van der Waals surface area contributed by atoms with Gasteiger partial charge in [-0.05, 0) is 60.4 Å². The molecule has 4 aliphatic rings. The molecule has 284 valence electrons. The van der Waals surface area contributed by atoms with Crippen LogP contribution in [-0.4, -0.2) is 87.3 Å². The number of carbonyl (C=O) groups excluding carboxylic acids is 2. The molecule has 1 atom stereocenters. The lowest BCUT2D eigenvalue weighted by molar-refractivity contribution is -0.205. The molecule has 0 radical (unpaired) electrons. The van der Waals surface area contributed by atoms with Gasteiger partial charge in [-0.1, -0.05) is 35.5 Å². The van der Waals surface area contributed by atoms with E-state index < -0.39 is 28.8 Å². The van der Waals surface area contributed by atoms with Crippen LogP contribution in [0.15, 0.2) is 60.0 Å². The summed E-state index contributed by atoms with van der Waals surface area (Å²) in [4.78, 5) is 29.7. The van der Waals surface area contributed by atoms with Crippen LogP contribution in [0.2, 0.25) is 0 Å². The lowest BCUT2D eigenvalue weighted by atomic mass is 9.71. The third kappa shape index (κ3) is 7.09. The molecular weight excluding hydrogens is 706 g/mol. The summed E-state index contributed by atoms with van der Waals surface area (Å²) in [6.07, 6.45) is -2.22. The molecule has 3 aromatic rings. The van der Waals surface area contributed by atoms with E-state index in [4.69, 9.17) is 10.5 Å². The number of aromatic nitrogens is 2. The van der Waals surface area contributed by atoms with E-state index in [9.17, 15) is 41.1 Å². The number of amidine groups is 1. The van der Waals surface area contributed by atoms with Crippen molar-refractivity contribution in [3.8, 4) is 0 Å². The summed E-state index contributed by atoms with van der Waals surface area (Å²) >= 11 is 0. The highest BCUT2D eigenvalue weighted by molar-refractivity contribution is 6.00. The van der Waals surface area contributed by atoms with Crippen LogP contribution in [0.25, 0.3) is 0 Å². The number of likely N-dealkylation sites (tertiary alicyclic amines) is 2. The maximum absolute atomic E-state index is 13.9. The van der Waals surface area contributed by atoms with Gasteiger partial charge in [-0.15, -0.1) is 0 Å². The topological polar surface area (TPSA) is 126 Å². The summed E-state index contributed by atoms with van der Waals surface area (Å²) in [7, 11) is 0. The summed E-state index contributed by atoms with van der Waals surface area (Å²) in [6, 6.07) is 11.1. The number of carbonyl (C=O) groups is 2. The fraction of sp³-hybridized carbons (Fsp3) is 0.514. The van der Waals surface area contributed by atoms with Crippen LogP contribution in [-0.2, 0) is 22.7 Å². The molecule has 1 unspecified atom stereocenters. The van der Waals surface area contributed by atoms with Crippen LogP contribution in [0.4, 0.5) is 26.3 Å². The van der Waals surface area contributed by atoms with Crippen molar-refractivity contribution in [3.63, 3.8) is 0 Å². The molecule has 4 fully saturated rings. The Balaban J connectivity index is 1.07. The van der Waals surface area contributed by atoms with Crippen LogP contribution in [0, 0.1) is 22.6 Å². The first-order valence-corrected chi connectivity index (χ1v) is 17.6. The van der Waals surface area contributed by atoms with Crippen LogP contribution >= 0.6 is 0 Å². The Bertz CT molecular complexity index is 1880. The van der Waals surface area contributed by atoms with Crippen LogP contribution in [0.5, 0.6) is 0 Å². The quantitative estimate of drug-likeness (QED) is 0.0873. The number of nitrogens with zero attached hydrogens (tertiary/aromatic N) is 5. The van der Waals surface area contributed by atoms with Gasteiger partial charge in [0.2, 0.25) is 11.8 Å². The highest BCUT2D eigenvalue weighted by Gasteiger charge is 2.71. The second-order valence-electron chi connectivity index (χ2n) is 15.1. The zero-order valence-corrected chi connectivity index (χ0v) is 28.8. The Labute approximate surface area is 301 Å². The molecule has 2 aliphatic carbocycles. The molecule has 0 bridgehead atoms. The number of benzene rings is 2. The van der Waals surface area contributed by atoms with Gasteiger partial charge in [-0.25, -0.2) is 13.2 Å². The molecule has 7 rings (SSSR count). The minimum absolute atomic E-state index is 0.0151. The van der Waals surface area contributed by atoms with Gasteiger partial charge in [-0.2, -0.15) is 18.3 Å². The summed E-state index contributed by atoms with van der Waals surface area (Å²) in [5.74, 6) is -5.16. The van der Waals surface area contributed by atoms with Crippen molar-refractivity contribution < 1.29 is 45.9 Å². The molecule has 3 heterocycles. The molecule has 1 spiro atoms. The Morgan fingerprint density at radius 1 is 1.00 bits per heavy atom. The number of hydrogen-bond acceptors (Lipinski definition) is 6. The Kier molecular flexibility index (Phi) is 9.48. The Morgan fingerprint density at radius 3 is 2.32 bits per heavy atom. The number of hydrogen-bond donors (Lipinski definition) is 2. The molecule has 2 amide bonds. The number of halogens is 6. The zero-order chi connectivity index (χ0) is 37.8. The predicted molar refractivity (Wildman–Crippen MR) is 179 cm³/mol. The molecule has 3 N–H and O–H groups in total. The van der Waals surface area contributed by atoms with E-state index in [1.54, 1.807) is 46.1 Å². The van der Waals surface area contributed by atoms with Crippen molar-refractivity contribution in [1.82, 2.24) is 19.6 Å². The molecule has 16 heteroatoms. The first-order valence-electron chi connectivity index (χ1n) is 17.6. The summed E-state index contributed by atoms with van der Waals surface area (Å²) in [5, 5.41) is 17.1. The number of amides is 2. The number of alkyl halides is 5. The lowest BCUT2D eigenvalue weighted by Crippen LogP contribution is -2.65. The SMILES string of the molecule is N/C(=N\O)c1c(COCC2CN(C(=O)c3cnn(Cc4ccc(F)cc4)c3)CC23CN(C(=O)C2(C(F)(F)F)CC2)C3)cccc1C1CCC(F)(F)CC1. The van der Waals surface area contributed by atoms with Crippen molar-refractivity contribution in [2.24, 2.45) is 27.6 Å². The van der Waals surface area contributed by atoms with Crippen molar-refractivity contribution >= 4 is 17.6 Å². The van der Waals surface area contributed by atoms with Crippen LogP contribution < -0.4 is 5.73 Å². The monoisotopic (exact) mass is 746 g/mol. The fourth-order valence-electron chi connectivity index (χ4n) is 8.30. The van der Waals surface area contributed by atoms with E-state index >= 15 is 0 Å². The molecule has 2 saturated carbocycles. The fourth-order valence-corrected chi connectivity index (χ4v) is 8.30. The highest BCUT2D eigenvalue weighted by atomic mass is 19.4. The second kappa shape index (κ2) is 13.7. The number of nitrogens with two attached hydrogens (primary N) is 1. The minimum atomic E-state index is -4.65. The normalized spacial score (nSPS) is 22.2. The van der Waals surface area contributed by atoms with Gasteiger partial charge in [0.25, 0.3) is 5.91 Å². The minimum Gasteiger partial charge on any atom is -0.409 e. The third-order valence-corrected chi connectivity index (χ3v) is 11.5. The molecule has 2 aromatic carbocycles. The van der Waals surface area contributed by atoms with Gasteiger partial charge < -0.3 is 25.5 Å². The van der Waals surface area contributed by atoms with E-state index in [0.29, 0.717) is 28.8 Å². The third-order valence-electron chi connectivity index (χ3n) is 11.5. The number of oxime groups is 1.